The van der Waals surface area contributed by atoms with Gasteiger partial charge in [0.1, 0.15) is 22.7 Å². The van der Waals surface area contributed by atoms with Crippen molar-refractivity contribution in [2.24, 2.45) is 5.73 Å². The standard InChI is InChI=1S/C16H16Cl2FNO/c1-2-13(20)16(10-6-8-11(19)9-7-10)21-14-5-3-4-12(17)15(14)18/h3-9,13,16H,2,20H2,1H3. The molecule has 112 valence electrons. The van der Waals surface area contributed by atoms with Gasteiger partial charge in [-0.05, 0) is 36.2 Å². The molecule has 0 saturated carbocycles. The third-order valence-corrected chi connectivity index (χ3v) is 4.03. The van der Waals surface area contributed by atoms with Gasteiger partial charge in [0.05, 0.1) is 5.02 Å². The van der Waals surface area contributed by atoms with Crippen LogP contribution >= 0.6 is 23.2 Å². The Bertz CT molecular complexity index is 604. The van der Waals surface area contributed by atoms with Crippen LogP contribution in [0.4, 0.5) is 4.39 Å². The summed E-state index contributed by atoms with van der Waals surface area (Å²) in [6.07, 6.45) is 0.284. The second-order valence-electron chi connectivity index (χ2n) is 4.71. The molecule has 2 rings (SSSR count). The van der Waals surface area contributed by atoms with Crippen LogP contribution in [0, 0.1) is 5.82 Å². The average molecular weight is 328 g/mol. The molecule has 5 heteroatoms. The van der Waals surface area contributed by atoms with Crippen LogP contribution in [0.25, 0.3) is 0 Å². The fraction of sp³-hybridized carbons (Fsp3) is 0.250. The highest BCUT2D eigenvalue weighted by molar-refractivity contribution is 6.42. The van der Waals surface area contributed by atoms with Crippen LogP contribution in [0.15, 0.2) is 42.5 Å². The van der Waals surface area contributed by atoms with Crippen LogP contribution in [0.1, 0.15) is 25.0 Å². The molecule has 0 heterocycles. The molecular weight excluding hydrogens is 312 g/mol. The van der Waals surface area contributed by atoms with E-state index < -0.39 is 6.10 Å². The lowest BCUT2D eigenvalue weighted by atomic mass is 10.0. The smallest absolute Gasteiger partial charge is 0.140 e. The van der Waals surface area contributed by atoms with Gasteiger partial charge in [0.25, 0.3) is 0 Å². The predicted molar refractivity (Wildman–Crippen MR) is 84.5 cm³/mol. The number of hydrogen-bond donors (Lipinski definition) is 1. The summed E-state index contributed by atoms with van der Waals surface area (Å²) in [6, 6.07) is 11.0. The summed E-state index contributed by atoms with van der Waals surface area (Å²) in [5, 5.41) is 0.756. The Labute approximate surface area is 133 Å². The van der Waals surface area contributed by atoms with Gasteiger partial charge in [-0.15, -0.1) is 0 Å². The average Bonchev–Trinajstić information content (AvgIpc) is 2.49. The van der Waals surface area contributed by atoms with Gasteiger partial charge in [-0.2, -0.15) is 0 Å². The van der Waals surface area contributed by atoms with Crippen molar-refractivity contribution in [3.05, 3.63) is 63.9 Å². The number of ether oxygens (including phenoxy) is 1. The molecule has 2 atom stereocenters. The molecule has 2 unspecified atom stereocenters. The Morgan fingerprint density at radius 3 is 2.43 bits per heavy atom. The number of rotatable bonds is 5. The monoisotopic (exact) mass is 327 g/mol. The van der Waals surface area contributed by atoms with Gasteiger partial charge < -0.3 is 10.5 Å². The second-order valence-corrected chi connectivity index (χ2v) is 5.50. The van der Waals surface area contributed by atoms with Crippen molar-refractivity contribution in [2.45, 2.75) is 25.5 Å². The highest BCUT2D eigenvalue weighted by Gasteiger charge is 2.22. The second kappa shape index (κ2) is 7.12. The lowest BCUT2D eigenvalue weighted by molar-refractivity contribution is 0.171. The van der Waals surface area contributed by atoms with Gasteiger partial charge in [-0.3, -0.25) is 0 Å². The van der Waals surface area contributed by atoms with Crippen molar-refractivity contribution in [3.63, 3.8) is 0 Å². The first-order chi connectivity index (χ1) is 10.0. The van der Waals surface area contributed by atoms with E-state index in [1.807, 2.05) is 6.92 Å². The van der Waals surface area contributed by atoms with Crippen molar-refractivity contribution < 1.29 is 9.13 Å². The van der Waals surface area contributed by atoms with E-state index in [2.05, 4.69) is 0 Å². The molecule has 0 aliphatic rings. The highest BCUT2D eigenvalue weighted by atomic mass is 35.5. The largest absolute Gasteiger partial charge is 0.482 e. The van der Waals surface area contributed by atoms with Crippen LogP contribution in [0.5, 0.6) is 5.75 Å². The van der Waals surface area contributed by atoms with Crippen LogP contribution < -0.4 is 10.5 Å². The molecule has 0 spiro atoms. The van der Waals surface area contributed by atoms with Crippen LogP contribution in [-0.2, 0) is 0 Å². The summed E-state index contributed by atoms with van der Waals surface area (Å²) < 4.78 is 19.0. The van der Waals surface area contributed by atoms with Crippen molar-refractivity contribution in [2.75, 3.05) is 0 Å². The zero-order valence-corrected chi connectivity index (χ0v) is 13.0. The molecule has 0 aliphatic carbocycles. The van der Waals surface area contributed by atoms with Crippen molar-refractivity contribution in [3.8, 4) is 5.75 Å². The van der Waals surface area contributed by atoms with Gasteiger partial charge in [-0.1, -0.05) is 48.3 Å². The Morgan fingerprint density at radius 1 is 1.14 bits per heavy atom. The van der Waals surface area contributed by atoms with E-state index in [4.69, 9.17) is 33.7 Å². The van der Waals surface area contributed by atoms with Crippen molar-refractivity contribution >= 4 is 23.2 Å². The molecule has 0 amide bonds. The SMILES string of the molecule is CCC(N)C(Oc1cccc(Cl)c1Cl)c1ccc(F)cc1. The Hall–Kier alpha value is -1.29. The third kappa shape index (κ3) is 3.88. The molecule has 2 aromatic rings. The topological polar surface area (TPSA) is 35.2 Å². The first-order valence-electron chi connectivity index (χ1n) is 6.64. The van der Waals surface area contributed by atoms with Crippen LogP contribution in [0.2, 0.25) is 10.0 Å². The molecule has 2 N–H and O–H groups in total. The summed E-state index contributed by atoms with van der Waals surface area (Å²) in [6.45, 7) is 1.96. The van der Waals surface area contributed by atoms with Gasteiger partial charge in [-0.25, -0.2) is 4.39 Å². The highest BCUT2D eigenvalue weighted by Crippen LogP contribution is 2.35. The van der Waals surface area contributed by atoms with E-state index in [1.54, 1.807) is 30.3 Å². The van der Waals surface area contributed by atoms with Crippen molar-refractivity contribution in [1.29, 1.82) is 0 Å². The van der Waals surface area contributed by atoms with E-state index in [0.29, 0.717) is 22.2 Å². The van der Waals surface area contributed by atoms with Crippen LogP contribution in [0.3, 0.4) is 0 Å². The first-order valence-corrected chi connectivity index (χ1v) is 7.40. The lowest BCUT2D eigenvalue weighted by Crippen LogP contribution is -2.31. The van der Waals surface area contributed by atoms with Crippen LogP contribution in [-0.4, -0.2) is 6.04 Å². The third-order valence-electron chi connectivity index (χ3n) is 3.23. The minimum Gasteiger partial charge on any atom is -0.482 e. The summed E-state index contributed by atoms with van der Waals surface area (Å²) in [7, 11) is 0. The normalized spacial score (nSPS) is 13.8. The van der Waals surface area contributed by atoms with E-state index in [0.717, 1.165) is 5.56 Å². The van der Waals surface area contributed by atoms with E-state index in [1.165, 1.54) is 12.1 Å². The molecule has 0 aromatic heterocycles. The fourth-order valence-corrected chi connectivity index (χ4v) is 2.32. The minimum atomic E-state index is -0.424. The molecule has 2 nitrogen and oxygen atoms in total. The summed E-state index contributed by atoms with van der Waals surface area (Å²) in [5.74, 6) is 0.158. The zero-order valence-electron chi connectivity index (χ0n) is 11.5. The predicted octanol–water partition coefficient (Wildman–Crippen LogP) is 4.99. The number of benzene rings is 2. The molecule has 0 bridgehead atoms. The summed E-state index contributed by atoms with van der Waals surface area (Å²) in [5.41, 5.74) is 6.92. The zero-order chi connectivity index (χ0) is 15.4. The Balaban J connectivity index is 2.33. The molecule has 21 heavy (non-hydrogen) atoms. The molecule has 0 saturated heterocycles. The minimum absolute atomic E-state index is 0.245. The quantitative estimate of drug-likeness (QED) is 0.839. The van der Waals surface area contributed by atoms with Gasteiger partial charge in [0, 0.05) is 6.04 Å². The maximum atomic E-state index is 13.1. The lowest BCUT2D eigenvalue weighted by Gasteiger charge is -2.25. The van der Waals surface area contributed by atoms with Crippen molar-refractivity contribution in [1.82, 2.24) is 0 Å². The maximum absolute atomic E-state index is 13.1. The maximum Gasteiger partial charge on any atom is 0.140 e. The Morgan fingerprint density at radius 2 is 1.81 bits per heavy atom. The molecular formula is C16H16Cl2FNO. The Kier molecular flexibility index (Phi) is 5.45. The first kappa shape index (κ1) is 16.1. The van der Waals surface area contributed by atoms with Gasteiger partial charge in [0.2, 0.25) is 0 Å². The molecule has 0 radical (unpaired) electrons. The summed E-state index contributed by atoms with van der Waals surface area (Å²) in [4.78, 5) is 0. The molecule has 0 fully saturated rings. The number of hydrogen-bond acceptors (Lipinski definition) is 2. The van der Waals surface area contributed by atoms with E-state index in [9.17, 15) is 4.39 Å². The molecule has 2 aromatic carbocycles. The number of nitrogens with two attached hydrogens (primary N) is 1. The van der Waals surface area contributed by atoms with Gasteiger partial charge >= 0.3 is 0 Å². The summed E-state index contributed by atoms with van der Waals surface area (Å²) >= 11 is 12.1. The number of halogens is 3. The van der Waals surface area contributed by atoms with E-state index in [-0.39, 0.29) is 11.9 Å². The molecule has 0 aliphatic heterocycles. The van der Waals surface area contributed by atoms with Gasteiger partial charge in [0.15, 0.2) is 0 Å². The fourth-order valence-electron chi connectivity index (χ4n) is 1.98. The van der Waals surface area contributed by atoms with E-state index >= 15 is 0 Å².